The Bertz CT molecular complexity index is 393. The van der Waals surface area contributed by atoms with E-state index in [9.17, 15) is 9.90 Å². The van der Waals surface area contributed by atoms with Crippen molar-refractivity contribution in [2.45, 2.75) is 32.2 Å². The van der Waals surface area contributed by atoms with E-state index in [4.69, 9.17) is 10.5 Å². The van der Waals surface area contributed by atoms with Crippen LogP contribution in [-0.2, 0) is 16.0 Å². The minimum atomic E-state index is -0.588. The number of amides is 1. The lowest BCUT2D eigenvalue weighted by molar-refractivity contribution is -0.122. The van der Waals surface area contributed by atoms with Gasteiger partial charge in [0.25, 0.3) is 0 Å². The largest absolute Gasteiger partial charge is 0.508 e. The molecule has 0 aliphatic carbocycles. The number of hydrogen-bond acceptors (Lipinski definition) is 4. The van der Waals surface area contributed by atoms with E-state index in [2.05, 4.69) is 12.2 Å². The first-order chi connectivity index (χ1) is 9.63. The first-order valence-electron chi connectivity index (χ1n) is 7.02. The summed E-state index contributed by atoms with van der Waals surface area (Å²) in [5.41, 5.74) is 6.76. The molecular weight excluding hydrogens is 256 g/mol. The average Bonchev–Trinajstić information content (AvgIpc) is 2.45. The summed E-state index contributed by atoms with van der Waals surface area (Å²) in [5, 5.41) is 11.9. The monoisotopic (exact) mass is 280 g/mol. The molecule has 112 valence electrons. The van der Waals surface area contributed by atoms with E-state index in [0.29, 0.717) is 19.6 Å². The van der Waals surface area contributed by atoms with Crippen LogP contribution >= 0.6 is 0 Å². The molecule has 1 atom stereocenters. The van der Waals surface area contributed by atoms with Crippen LogP contribution in [0.15, 0.2) is 24.3 Å². The molecule has 1 aromatic rings. The van der Waals surface area contributed by atoms with Crippen LogP contribution in [0, 0.1) is 0 Å². The SMILES string of the molecule is CCCCOCCNC(=O)[C@H](N)Cc1ccc(O)cc1. The van der Waals surface area contributed by atoms with Gasteiger partial charge in [0, 0.05) is 13.2 Å². The molecule has 1 aromatic carbocycles. The molecule has 0 aliphatic heterocycles. The maximum atomic E-state index is 11.8. The molecule has 4 N–H and O–H groups in total. The van der Waals surface area contributed by atoms with Gasteiger partial charge in [-0.2, -0.15) is 0 Å². The number of benzene rings is 1. The van der Waals surface area contributed by atoms with Gasteiger partial charge in [0.05, 0.1) is 12.6 Å². The highest BCUT2D eigenvalue weighted by molar-refractivity contribution is 5.81. The van der Waals surface area contributed by atoms with Gasteiger partial charge in [-0.05, 0) is 30.5 Å². The zero-order chi connectivity index (χ0) is 14.8. The molecule has 5 heteroatoms. The fourth-order valence-electron chi connectivity index (χ4n) is 1.70. The van der Waals surface area contributed by atoms with E-state index in [-0.39, 0.29) is 11.7 Å². The van der Waals surface area contributed by atoms with Crippen LogP contribution in [0.2, 0.25) is 0 Å². The van der Waals surface area contributed by atoms with Gasteiger partial charge in [-0.15, -0.1) is 0 Å². The summed E-state index contributed by atoms with van der Waals surface area (Å²) in [6.45, 7) is 3.82. The van der Waals surface area contributed by atoms with Gasteiger partial charge in [0.1, 0.15) is 5.75 Å². The number of phenols is 1. The summed E-state index contributed by atoms with van der Waals surface area (Å²) in [7, 11) is 0. The Balaban J connectivity index is 2.20. The predicted molar refractivity (Wildman–Crippen MR) is 78.5 cm³/mol. The average molecular weight is 280 g/mol. The number of hydrogen-bond donors (Lipinski definition) is 3. The summed E-state index contributed by atoms with van der Waals surface area (Å²) in [6.07, 6.45) is 2.58. The van der Waals surface area contributed by atoms with Crippen molar-refractivity contribution in [1.82, 2.24) is 5.32 Å². The predicted octanol–water partition coefficient (Wildman–Crippen LogP) is 1.19. The molecule has 0 aromatic heterocycles. The standard InChI is InChI=1S/C15H24N2O3/c1-2-3-9-20-10-8-17-15(19)14(16)11-12-4-6-13(18)7-5-12/h4-7,14,18H,2-3,8-11,16H2,1H3,(H,17,19)/t14-/m1/s1. The Kier molecular flexibility index (Phi) is 7.69. The molecule has 0 aliphatic rings. The normalized spacial score (nSPS) is 12.1. The Morgan fingerprint density at radius 1 is 1.35 bits per heavy atom. The highest BCUT2D eigenvalue weighted by Crippen LogP contribution is 2.10. The molecule has 5 nitrogen and oxygen atoms in total. The molecule has 0 spiro atoms. The van der Waals surface area contributed by atoms with E-state index < -0.39 is 6.04 Å². The quantitative estimate of drug-likeness (QED) is 0.593. The highest BCUT2D eigenvalue weighted by atomic mass is 16.5. The Labute approximate surface area is 120 Å². The van der Waals surface area contributed by atoms with E-state index in [1.54, 1.807) is 24.3 Å². The van der Waals surface area contributed by atoms with Crippen LogP contribution in [0.3, 0.4) is 0 Å². The van der Waals surface area contributed by atoms with Gasteiger partial charge in [-0.1, -0.05) is 25.5 Å². The van der Waals surface area contributed by atoms with E-state index >= 15 is 0 Å². The number of carbonyl (C=O) groups excluding carboxylic acids is 1. The number of rotatable bonds is 9. The minimum absolute atomic E-state index is 0.183. The Morgan fingerprint density at radius 3 is 2.70 bits per heavy atom. The molecule has 0 saturated carbocycles. The lowest BCUT2D eigenvalue weighted by Crippen LogP contribution is -2.43. The van der Waals surface area contributed by atoms with Crippen LogP contribution in [0.1, 0.15) is 25.3 Å². The summed E-state index contributed by atoms with van der Waals surface area (Å²) in [4.78, 5) is 11.8. The second-order valence-electron chi connectivity index (χ2n) is 4.73. The van der Waals surface area contributed by atoms with Crippen molar-refractivity contribution >= 4 is 5.91 Å². The zero-order valence-electron chi connectivity index (χ0n) is 12.0. The molecule has 0 radical (unpaired) electrons. The van der Waals surface area contributed by atoms with Crippen molar-refractivity contribution in [1.29, 1.82) is 0 Å². The van der Waals surface area contributed by atoms with Crippen molar-refractivity contribution < 1.29 is 14.6 Å². The Hall–Kier alpha value is -1.59. The zero-order valence-corrected chi connectivity index (χ0v) is 12.0. The number of carbonyl (C=O) groups is 1. The Morgan fingerprint density at radius 2 is 2.05 bits per heavy atom. The lowest BCUT2D eigenvalue weighted by atomic mass is 10.1. The van der Waals surface area contributed by atoms with Crippen LogP contribution in [-0.4, -0.2) is 36.8 Å². The van der Waals surface area contributed by atoms with Crippen LogP contribution in [0.4, 0.5) is 0 Å². The van der Waals surface area contributed by atoms with Crippen molar-refractivity contribution in [2.75, 3.05) is 19.8 Å². The first-order valence-corrected chi connectivity index (χ1v) is 7.02. The number of nitrogens with one attached hydrogen (secondary N) is 1. The molecule has 0 fully saturated rings. The van der Waals surface area contributed by atoms with Crippen LogP contribution < -0.4 is 11.1 Å². The second-order valence-corrected chi connectivity index (χ2v) is 4.73. The summed E-state index contributed by atoms with van der Waals surface area (Å²) in [5.74, 6) is 0.0215. The lowest BCUT2D eigenvalue weighted by Gasteiger charge is -2.12. The fraction of sp³-hybridized carbons (Fsp3) is 0.533. The number of aromatic hydroxyl groups is 1. The molecule has 1 amide bonds. The minimum Gasteiger partial charge on any atom is -0.508 e. The van der Waals surface area contributed by atoms with Crippen molar-refractivity contribution in [3.8, 4) is 5.75 Å². The van der Waals surface area contributed by atoms with Crippen molar-refractivity contribution in [2.24, 2.45) is 5.73 Å². The number of phenolic OH excluding ortho intramolecular Hbond substituents is 1. The van der Waals surface area contributed by atoms with Gasteiger partial charge in [0.2, 0.25) is 5.91 Å². The van der Waals surface area contributed by atoms with Gasteiger partial charge in [-0.3, -0.25) is 4.79 Å². The maximum absolute atomic E-state index is 11.8. The third kappa shape index (κ3) is 6.54. The molecule has 0 bridgehead atoms. The third-order valence-electron chi connectivity index (χ3n) is 2.92. The fourth-order valence-corrected chi connectivity index (χ4v) is 1.70. The van der Waals surface area contributed by atoms with E-state index in [1.165, 1.54) is 0 Å². The van der Waals surface area contributed by atoms with Crippen LogP contribution in [0.5, 0.6) is 5.75 Å². The molecular formula is C15H24N2O3. The molecule has 0 heterocycles. The molecule has 0 unspecified atom stereocenters. The molecule has 20 heavy (non-hydrogen) atoms. The van der Waals surface area contributed by atoms with Crippen molar-refractivity contribution in [3.05, 3.63) is 29.8 Å². The highest BCUT2D eigenvalue weighted by Gasteiger charge is 2.13. The van der Waals surface area contributed by atoms with Crippen molar-refractivity contribution in [3.63, 3.8) is 0 Å². The summed E-state index contributed by atoms with van der Waals surface area (Å²) >= 11 is 0. The molecule has 1 rings (SSSR count). The van der Waals surface area contributed by atoms with Gasteiger partial charge >= 0.3 is 0 Å². The number of unbranched alkanes of at least 4 members (excludes halogenated alkanes) is 1. The van der Waals surface area contributed by atoms with Gasteiger partial charge < -0.3 is 20.9 Å². The summed E-state index contributed by atoms with van der Waals surface area (Å²) < 4.78 is 5.35. The maximum Gasteiger partial charge on any atom is 0.237 e. The topological polar surface area (TPSA) is 84.6 Å². The van der Waals surface area contributed by atoms with E-state index in [0.717, 1.165) is 25.0 Å². The summed E-state index contributed by atoms with van der Waals surface area (Å²) in [6, 6.07) is 6.10. The molecule has 0 saturated heterocycles. The van der Waals surface area contributed by atoms with E-state index in [1.807, 2.05) is 0 Å². The number of nitrogens with two attached hydrogens (primary N) is 1. The van der Waals surface area contributed by atoms with Gasteiger partial charge in [0.15, 0.2) is 0 Å². The number of ether oxygens (including phenoxy) is 1. The van der Waals surface area contributed by atoms with Gasteiger partial charge in [-0.25, -0.2) is 0 Å². The van der Waals surface area contributed by atoms with Crippen LogP contribution in [0.25, 0.3) is 0 Å². The second kappa shape index (κ2) is 9.34. The third-order valence-corrected chi connectivity index (χ3v) is 2.92. The smallest absolute Gasteiger partial charge is 0.237 e. The first kappa shape index (κ1) is 16.5.